The number of benzene rings is 2. The number of rotatable bonds is 2. The average Bonchev–Trinajstić information content (AvgIpc) is 2.46. The summed E-state index contributed by atoms with van der Waals surface area (Å²) in [5.74, 6) is 0.0102. The van der Waals surface area contributed by atoms with Crippen LogP contribution in [0.3, 0.4) is 0 Å². The fraction of sp³-hybridized carbons (Fsp3) is 0.0588. The number of fused-ring (bicyclic) bond motifs is 1. The van der Waals surface area contributed by atoms with Crippen LogP contribution in [0, 0.1) is 6.92 Å². The molecule has 0 aliphatic carbocycles. The first kappa shape index (κ1) is 12.8. The molecule has 0 aliphatic heterocycles. The smallest absolute Gasteiger partial charge is 0.193 e. The Morgan fingerprint density at radius 1 is 1.10 bits per heavy atom. The minimum Gasteiger partial charge on any atom is -0.289 e. The zero-order chi connectivity index (χ0) is 14.1. The number of halogens is 1. The summed E-state index contributed by atoms with van der Waals surface area (Å²) in [6.45, 7) is 1.89. The zero-order valence-electron chi connectivity index (χ0n) is 10.9. The molecule has 1 aromatic heterocycles. The number of carbonyl (C=O) groups excluding carboxylic acids is 1. The molecule has 3 aromatic rings. The van der Waals surface area contributed by atoms with Gasteiger partial charge in [-0.3, -0.25) is 9.78 Å². The second kappa shape index (κ2) is 5.06. The van der Waals surface area contributed by atoms with E-state index in [1.54, 1.807) is 24.5 Å². The molecule has 0 saturated carbocycles. The van der Waals surface area contributed by atoms with Gasteiger partial charge < -0.3 is 0 Å². The van der Waals surface area contributed by atoms with E-state index >= 15 is 0 Å². The Hall–Kier alpha value is -2.19. The maximum absolute atomic E-state index is 12.7. The van der Waals surface area contributed by atoms with Crippen molar-refractivity contribution in [2.75, 3.05) is 0 Å². The third-order valence-electron chi connectivity index (χ3n) is 3.36. The normalized spacial score (nSPS) is 10.7. The highest BCUT2D eigenvalue weighted by atomic mass is 35.5. The number of ketones is 1. The van der Waals surface area contributed by atoms with Crippen molar-refractivity contribution in [3.63, 3.8) is 0 Å². The molecule has 2 nitrogen and oxygen atoms in total. The number of pyridine rings is 1. The highest BCUT2D eigenvalue weighted by Crippen LogP contribution is 2.23. The van der Waals surface area contributed by atoms with Crippen LogP contribution < -0.4 is 0 Å². The van der Waals surface area contributed by atoms with Gasteiger partial charge in [-0.1, -0.05) is 29.8 Å². The van der Waals surface area contributed by atoms with Crippen LogP contribution >= 0.6 is 11.6 Å². The van der Waals surface area contributed by atoms with Crippen molar-refractivity contribution in [2.24, 2.45) is 0 Å². The lowest BCUT2D eigenvalue weighted by Gasteiger charge is -2.08. The van der Waals surface area contributed by atoms with E-state index in [0.717, 1.165) is 16.3 Å². The summed E-state index contributed by atoms with van der Waals surface area (Å²) in [6, 6.07) is 12.9. The van der Waals surface area contributed by atoms with E-state index in [0.29, 0.717) is 16.1 Å². The van der Waals surface area contributed by atoms with Crippen LogP contribution in [0.25, 0.3) is 10.8 Å². The number of nitrogens with zero attached hydrogens (tertiary/aromatic N) is 1. The Labute approximate surface area is 122 Å². The Kier molecular flexibility index (Phi) is 3.25. The minimum atomic E-state index is 0.0102. The SMILES string of the molecule is Cc1cc(Cl)ccc1C(=O)c1cccc2cnccc12. The lowest BCUT2D eigenvalue weighted by Crippen LogP contribution is -2.04. The van der Waals surface area contributed by atoms with Gasteiger partial charge in [-0.2, -0.15) is 0 Å². The minimum absolute atomic E-state index is 0.0102. The summed E-state index contributed by atoms with van der Waals surface area (Å²) in [5.41, 5.74) is 2.25. The number of hydrogen-bond acceptors (Lipinski definition) is 2. The molecule has 0 spiro atoms. The first-order valence-corrected chi connectivity index (χ1v) is 6.68. The molecule has 3 heteroatoms. The summed E-state index contributed by atoms with van der Waals surface area (Å²) in [5, 5.41) is 2.52. The van der Waals surface area contributed by atoms with E-state index in [-0.39, 0.29) is 5.78 Å². The monoisotopic (exact) mass is 281 g/mol. The van der Waals surface area contributed by atoms with Crippen LogP contribution in [-0.2, 0) is 0 Å². The Morgan fingerprint density at radius 2 is 1.95 bits per heavy atom. The van der Waals surface area contributed by atoms with Gasteiger partial charge in [0, 0.05) is 33.9 Å². The fourth-order valence-corrected chi connectivity index (χ4v) is 2.57. The van der Waals surface area contributed by atoms with Crippen LogP contribution in [-0.4, -0.2) is 10.8 Å². The molecule has 98 valence electrons. The topological polar surface area (TPSA) is 30.0 Å². The standard InChI is InChI=1S/C17H12ClNO/c1-11-9-13(18)5-6-14(11)17(20)16-4-2-3-12-10-19-8-7-15(12)16/h2-10H,1H3. The van der Waals surface area contributed by atoms with Gasteiger partial charge in [-0.25, -0.2) is 0 Å². The Bertz CT molecular complexity index is 806. The van der Waals surface area contributed by atoms with Crippen molar-refractivity contribution in [3.05, 3.63) is 76.6 Å². The molecule has 0 radical (unpaired) electrons. The second-order valence-electron chi connectivity index (χ2n) is 4.69. The summed E-state index contributed by atoms with van der Waals surface area (Å²) in [4.78, 5) is 16.8. The molecule has 0 amide bonds. The first-order valence-electron chi connectivity index (χ1n) is 6.30. The van der Waals surface area contributed by atoms with E-state index in [4.69, 9.17) is 11.6 Å². The van der Waals surface area contributed by atoms with Crippen LogP contribution in [0.4, 0.5) is 0 Å². The van der Waals surface area contributed by atoms with Crippen molar-refractivity contribution in [1.82, 2.24) is 4.98 Å². The molecule has 0 unspecified atom stereocenters. The van der Waals surface area contributed by atoms with Crippen molar-refractivity contribution >= 4 is 28.2 Å². The van der Waals surface area contributed by atoms with E-state index < -0.39 is 0 Å². The van der Waals surface area contributed by atoms with Crippen LogP contribution in [0.2, 0.25) is 5.02 Å². The van der Waals surface area contributed by atoms with Gasteiger partial charge >= 0.3 is 0 Å². The number of hydrogen-bond donors (Lipinski definition) is 0. The molecule has 3 rings (SSSR count). The number of aromatic nitrogens is 1. The predicted octanol–water partition coefficient (Wildman–Crippen LogP) is 4.43. The van der Waals surface area contributed by atoms with Crippen molar-refractivity contribution < 1.29 is 4.79 Å². The zero-order valence-corrected chi connectivity index (χ0v) is 11.7. The molecule has 0 N–H and O–H groups in total. The highest BCUT2D eigenvalue weighted by Gasteiger charge is 2.14. The van der Waals surface area contributed by atoms with Gasteiger partial charge in [-0.05, 0) is 42.1 Å². The maximum Gasteiger partial charge on any atom is 0.193 e. The second-order valence-corrected chi connectivity index (χ2v) is 5.13. The number of aryl methyl sites for hydroxylation is 1. The average molecular weight is 282 g/mol. The van der Waals surface area contributed by atoms with Crippen LogP contribution in [0.1, 0.15) is 21.5 Å². The molecule has 0 bridgehead atoms. The largest absolute Gasteiger partial charge is 0.289 e. The van der Waals surface area contributed by atoms with E-state index in [1.165, 1.54) is 0 Å². The molecule has 0 aliphatic rings. The summed E-state index contributed by atoms with van der Waals surface area (Å²) in [6.07, 6.45) is 3.47. The molecule has 0 saturated heterocycles. The Morgan fingerprint density at radius 3 is 2.75 bits per heavy atom. The van der Waals surface area contributed by atoms with E-state index in [9.17, 15) is 4.79 Å². The molecule has 0 fully saturated rings. The first-order chi connectivity index (χ1) is 9.66. The van der Waals surface area contributed by atoms with Gasteiger partial charge in [0.25, 0.3) is 0 Å². The predicted molar refractivity (Wildman–Crippen MR) is 81.4 cm³/mol. The van der Waals surface area contributed by atoms with Crippen molar-refractivity contribution in [2.45, 2.75) is 6.92 Å². The van der Waals surface area contributed by atoms with Crippen molar-refractivity contribution in [3.8, 4) is 0 Å². The van der Waals surface area contributed by atoms with Gasteiger partial charge in [-0.15, -0.1) is 0 Å². The third-order valence-corrected chi connectivity index (χ3v) is 3.59. The van der Waals surface area contributed by atoms with Gasteiger partial charge in [0.15, 0.2) is 5.78 Å². The highest BCUT2D eigenvalue weighted by molar-refractivity contribution is 6.31. The number of carbonyl (C=O) groups is 1. The molecule has 0 atom stereocenters. The molecule has 1 heterocycles. The fourth-order valence-electron chi connectivity index (χ4n) is 2.35. The lowest BCUT2D eigenvalue weighted by molar-refractivity contribution is 0.103. The third kappa shape index (κ3) is 2.19. The van der Waals surface area contributed by atoms with Gasteiger partial charge in [0.05, 0.1) is 0 Å². The van der Waals surface area contributed by atoms with Crippen LogP contribution in [0.5, 0.6) is 0 Å². The Balaban J connectivity index is 2.18. The summed E-state index contributed by atoms with van der Waals surface area (Å²) in [7, 11) is 0. The van der Waals surface area contributed by atoms with Gasteiger partial charge in [0.2, 0.25) is 0 Å². The molecule has 2 aromatic carbocycles. The maximum atomic E-state index is 12.7. The quantitative estimate of drug-likeness (QED) is 0.651. The molecule has 20 heavy (non-hydrogen) atoms. The molecular formula is C17H12ClNO. The van der Waals surface area contributed by atoms with Gasteiger partial charge in [0.1, 0.15) is 0 Å². The molecular weight excluding hydrogens is 270 g/mol. The van der Waals surface area contributed by atoms with E-state index in [1.807, 2.05) is 37.3 Å². The van der Waals surface area contributed by atoms with E-state index in [2.05, 4.69) is 4.98 Å². The van der Waals surface area contributed by atoms with Crippen LogP contribution in [0.15, 0.2) is 54.9 Å². The van der Waals surface area contributed by atoms with Crippen molar-refractivity contribution in [1.29, 1.82) is 0 Å². The summed E-state index contributed by atoms with van der Waals surface area (Å²) >= 11 is 5.94. The lowest BCUT2D eigenvalue weighted by atomic mass is 9.96. The summed E-state index contributed by atoms with van der Waals surface area (Å²) < 4.78 is 0.